The highest BCUT2D eigenvalue weighted by atomic mass is 16.5. The standard InChI is InChI=1S/C22H28N4O2/c1-17-9-19(12-23-11-17)21(27)26-15-22(16-26)10-18(6-8-25(22)2)13-28-14-20-5-3-4-7-24-20/h3-5,7,9,11-12,18H,6,8,10,13-16H2,1-2H3/t18-/m1/s1. The van der Waals surface area contributed by atoms with Crippen LogP contribution in [-0.2, 0) is 11.3 Å². The number of piperidine rings is 1. The van der Waals surface area contributed by atoms with E-state index in [1.165, 1.54) is 0 Å². The number of carbonyl (C=O) groups excluding carboxylic acids is 1. The van der Waals surface area contributed by atoms with Gasteiger partial charge in [-0.3, -0.25) is 19.7 Å². The number of aryl methyl sites for hydroxylation is 1. The minimum atomic E-state index is 0.0868. The largest absolute Gasteiger partial charge is 0.375 e. The molecule has 1 atom stereocenters. The first-order valence-electron chi connectivity index (χ1n) is 9.96. The molecule has 0 bridgehead atoms. The Morgan fingerprint density at radius 1 is 1.32 bits per heavy atom. The molecule has 1 spiro atoms. The summed E-state index contributed by atoms with van der Waals surface area (Å²) in [5.41, 5.74) is 2.76. The molecule has 2 saturated heterocycles. The Morgan fingerprint density at radius 2 is 2.18 bits per heavy atom. The molecule has 6 nitrogen and oxygen atoms in total. The molecule has 2 aliphatic rings. The minimum absolute atomic E-state index is 0.0868. The number of pyridine rings is 2. The van der Waals surface area contributed by atoms with Gasteiger partial charge in [0.15, 0.2) is 0 Å². The quantitative estimate of drug-likeness (QED) is 0.798. The predicted molar refractivity (Wildman–Crippen MR) is 107 cm³/mol. The van der Waals surface area contributed by atoms with E-state index in [0.29, 0.717) is 18.1 Å². The number of likely N-dealkylation sites (tertiary alicyclic amines) is 2. The summed E-state index contributed by atoms with van der Waals surface area (Å²) in [6.07, 6.45) is 7.45. The van der Waals surface area contributed by atoms with Crippen molar-refractivity contribution in [2.75, 3.05) is 33.3 Å². The summed E-state index contributed by atoms with van der Waals surface area (Å²) in [5, 5.41) is 0. The zero-order chi connectivity index (χ0) is 19.6. The lowest BCUT2D eigenvalue weighted by Crippen LogP contribution is -2.72. The highest BCUT2D eigenvalue weighted by Crippen LogP contribution is 2.39. The maximum atomic E-state index is 12.8. The number of rotatable bonds is 5. The van der Waals surface area contributed by atoms with Gasteiger partial charge in [-0.1, -0.05) is 6.07 Å². The van der Waals surface area contributed by atoms with Crippen LogP contribution in [0.3, 0.4) is 0 Å². The van der Waals surface area contributed by atoms with Gasteiger partial charge in [-0.25, -0.2) is 0 Å². The summed E-state index contributed by atoms with van der Waals surface area (Å²) in [6, 6.07) is 7.81. The fraction of sp³-hybridized carbons (Fsp3) is 0.500. The predicted octanol–water partition coefficient (Wildman–Crippen LogP) is 2.54. The van der Waals surface area contributed by atoms with Crippen LogP contribution in [0.25, 0.3) is 0 Å². The second-order valence-electron chi connectivity index (χ2n) is 8.25. The van der Waals surface area contributed by atoms with Gasteiger partial charge in [-0.05, 0) is 63.0 Å². The molecule has 0 aliphatic carbocycles. The Morgan fingerprint density at radius 3 is 2.93 bits per heavy atom. The van der Waals surface area contributed by atoms with Crippen LogP contribution in [0.15, 0.2) is 42.9 Å². The first kappa shape index (κ1) is 19.0. The Labute approximate surface area is 166 Å². The average molecular weight is 380 g/mol. The van der Waals surface area contributed by atoms with Crippen molar-refractivity contribution in [2.24, 2.45) is 5.92 Å². The molecule has 6 heteroatoms. The molecule has 0 N–H and O–H groups in total. The molecule has 148 valence electrons. The van der Waals surface area contributed by atoms with E-state index in [0.717, 1.165) is 50.3 Å². The van der Waals surface area contributed by atoms with Crippen LogP contribution < -0.4 is 0 Å². The molecule has 0 saturated carbocycles. The van der Waals surface area contributed by atoms with Crippen molar-refractivity contribution in [3.8, 4) is 0 Å². The number of ether oxygens (including phenoxy) is 1. The third-order valence-corrected chi connectivity index (χ3v) is 6.06. The van der Waals surface area contributed by atoms with E-state index in [9.17, 15) is 4.79 Å². The molecule has 0 radical (unpaired) electrons. The van der Waals surface area contributed by atoms with E-state index < -0.39 is 0 Å². The summed E-state index contributed by atoms with van der Waals surface area (Å²) < 4.78 is 5.94. The molecule has 4 heterocycles. The highest BCUT2D eigenvalue weighted by molar-refractivity contribution is 5.94. The number of carbonyl (C=O) groups is 1. The van der Waals surface area contributed by atoms with Crippen molar-refractivity contribution in [3.63, 3.8) is 0 Å². The number of likely N-dealkylation sites (N-methyl/N-ethyl adjacent to an activating group) is 1. The molecule has 2 fully saturated rings. The van der Waals surface area contributed by atoms with Crippen LogP contribution in [0.5, 0.6) is 0 Å². The normalized spacial score (nSPS) is 21.5. The lowest BCUT2D eigenvalue weighted by atomic mass is 9.75. The molecule has 0 unspecified atom stereocenters. The Bertz CT molecular complexity index is 820. The number of hydrogen-bond acceptors (Lipinski definition) is 5. The van der Waals surface area contributed by atoms with Crippen molar-refractivity contribution in [1.82, 2.24) is 19.8 Å². The van der Waals surface area contributed by atoms with Gasteiger partial charge >= 0.3 is 0 Å². The first-order valence-corrected chi connectivity index (χ1v) is 9.96. The molecule has 1 amide bonds. The zero-order valence-electron chi connectivity index (χ0n) is 16.7. The van der Waals surface area contributed by atoms with Gasteiger partial charge in [-0.2, -0.15) is 0 Å². The third kappa shape index (κ3) is 3.93. The third-order valence-electron chi connectivity index (χ3n) is 6.06. The van der Waals surface area contributed by atoms with E-state index in [4.69, 9.17) is 4.74 Å². The lowest BCUT2D eigenvalue weighted by Gasteiger charge is -2.58. The summed E-state index contributed by atoms with van der Waals surface area (Å²) in [6.45, 7) is 5.89. The van der Waals surface area contributed by atoms with E-state index >= 15 is 0 Å². The number of aromatic nitrogens is 2. The molecule has 0 aromatic carbocycles. The number of hydrogen-bond donors (Lipinski definition) is 0. The SMILES string of the molecule is Cc1cncc(C(=O)N2CC3(C[C@H](COCc4ccccn4)CCN3C)C2)c1. The molecular weight excluding hydrogens is 352 g/mol. The van der Waals surface area contributed by atoms with Gasteiger partial charge in [0.1, 0.15) is 0 Å². The van der Waals surface area contributed by atoms with Crippen molar-refractivity contribution in [1.29, 1.82) is 0 Å². The summed E-state index contributed by atoms with van der Waals surface area (Å²) >= 11 is 0. The zero-order valence-corrected chi connectivity index (χ0v) is 16.7. The second kappa shape index (κ2) is 7.97. The lowest BCUT2D eigenvalue weighted by molar-refractivity contribution is -0.0769. The maximum absolute atomic E-state index is 12.8. The molecule has 2 aromatic rings. The molecule has 4 rings (SSSR count). The van der Waals surface area contributed by atoms with E-state index in [2.05, 4.69) is 21.9 Å². The van der Waals surface area contributed by atoms with Gasteiger partial charge in [0, 0.05) is 31.7 Å². The minimum Gasteiger partial charge on any atom is -0.375 e. The van der Waals surface area contributed by atoms with Gasteiger partial charge in [0.25, 0.3) is 5.91 Å². The van der Waals surface area contributed by atoms with E-state index in [1.807, 2.05) is 36.1 Å². The van der Waals surface area contributed by atoms with E-state index in [1.54, 1.807) is 18.6 Å². The monoisotopic (exact) mass is 380 g/mol. The van der Waals surface area contributed by atoms with Gasteiger partial charge < -0.3 is 9.64 Å². The van der Waals surface area contributed by atoms with E-state index in [-0.39, 0.29) is 11.4 Å². The van der Waals surface area contributed by atoms with Crippen LogP contribution in [0.1, 0.15) is 34.5 Å². The molecule has 2 aliphatic heterocycles. The van der Waals surface area contributed by atoms with Gasteiger partial charge in [0.05, 0.1) is 30.0 Å². The Hall–Kier alpha value is -2.31. The Balaban J connectivity index is 1.31. The van der Waals surface area contributed by atoms with Gasteiger partial charge in [0.2, 0.25) is 0 Å². The Kier molecular flexibility index (Phi) is 5.42. The second-order valence-corrected chi connectivity index (χ2v) is 8.25. The smallest absolute Gasteiger partial charge is 0.255 e. The molecular formula is C22H28N4O2. The number of nitrogens with zero attached hydrogens (tertiary/aromatic N) is 4. The van der Waals surface area contributed by atoms with Crippen LogP contribution in [0.4, 0.5) is 0 Å². The van der Waals surface area contributed by atoms with Crippen molar-refractivity contribution in [2.45, 2.75) is 31.9 Å². The van der Waals surface area contributed by atoms with Crippen molar-refractivity contribution >= 4 is 5.91 Å². The fourth-order valence-electron chi connectivity index (χ4n) is 4.40. The molecule has 2 aromatic heterocycles. The van der Waals surface area contributed by atoms with Crippen molar-refractivity contribution < 1.29 is 9.53 Å². The fourth-order valence-corrected chi connectivity index (χ4v) is 4.40. The highest BCUT2D eigenvalue weighted by Gasteiger charge is 2.51. The molecule has 28 heavy (non-hydrogen) atoms. The maximum Gasteiger partial charge on any atom is 0.255 e. The number of amides is 1. The van der Waals surface area contributed by atoms with Crippen LogP contribution in [-0.4, -0.2) is 64.5 Å². The summed E-state index contributed by atoms with van der Waals surface area (Å²) in [7, 11) is 2.18. The van der Waals surface area contributed by atoms with Crippen LogP contribution >= 0.6 is 0 Å². The van der Waals surface area contributed by atoms with Crippen molar-refractivity contribution in [3.05, 3.63) is 59.7 Å². The topological polar surface area (TPSA) is 58.6 Å². The summed E-state index contributed by atoms with van der Waals surface area (Å²) in [4.78, 5) is 25.6. The van der Waals surface area contributed by atoms with Gasteiger partial charge in [-0.15, -0.1) is 0 Å². The van der Waals surface area contributed by atoms with Crippen LogP contribution in [0, 0.1) is 12.8 Å². The first-order chi connectivity index (χ1) is 13.6. The van der Waals surface area contributed by atoms with Crippen LogP contribution in [0.2, 0.25) is 0 Å². The average Bonchev–Trinajstić information content (AvgIpc) is 2.68. The summed E-state index contributed by atoms with van der Waals surface area (Å²) in [5.74, 6) is 0.613.